The molecule has 2 rings (SSSR count). The summed E-state index contributed by atoms with van der Waals surface area (Å²) in [6, 6.07) is 15.7. The van der Waals surface area contributed by atoms with Crippen LogP contribution in [0.1, 0.15) is 23.7 Å². The van der Waals surface area contributed by atoms with Crippen molar-refractivity contribution in [2.45, 2.75) is 18.2 Å². The minimum absolute atomic E-state index is 0.0633. The van der Waals surface area contributed by atoms with E-state index in [0.717, 1.165) is 18.7 Å². The number of esters is 1. The van der Waals surface area contributed by atoms with Crippen LogP contribution in [0.2, 0.25) is 0 Å². The Labute approximate surface area is 171 Å². The minimum atomic E-state index is -3.57. The second-order valence-electron chi connectivity index (χ2n) is 6.44. The van der Waals surface area contributed by atoms with E-state index in [1.54, 1.807) is 12.1 Å². The second kappa shape index (κ2) is 10.6. The van der Waals surface area contributed by atoms with Gasteiger partial charge in [-0.3, -0.25) is 4.79 Å². The van der Waals surface area contributed by atoms with Crippen molar-refractivity contribution in [2.75, 3.05) is 37.4 Å². The van der Waals surface area contributed by atoms with E-state index >= 15 is 0 Å². The molecule has 0 spiro atoms. The number of carbonyl (C=O) groups excluding carboxylic acids is 2. The van der Waals surface area contributed by atoms with Crippen molar-refractivity contribution in [1.82, 2.24) is 5.32 Å². The highest BCUT2D eigenvalue weighted by Crippen LogP contribution is 2.18. The van der Waals surface area contributed by atoms with Crippen LogP contribution < -0.4 is 10.2 Å². The lowest BCUT2D eigenvalue weighted by Crippen LogP contribution is -2.31. The monoisotopic (exact) mass is 418 g/mol. The molecule has 0 aliphatic rings. The van der Waals surface area contributed by atoms with Gasteiger partial charge in [-0.15, -0.1) is 0 Å². The molecular weight excluding hydrogens is 392 g/mol. The van der Waals surface area contributed by atoms with Gasteiger partial charge in [0.15, 0.2) is 16.4 Å². The first-order valence-corrected chi connectivity index (χ1v) is 11.0. The van der Waals surface area contributed by atoms with Crippen LogP contribution in [-0.2, 0) is 19.4 Å². The zero-order valence-electron chi connectivity index (χ0n) is 16.6. The maximum atomic E-state index is 12.2. The maximum absolute atomic E-state index is 12.2. The Hall–Kier alpha value is -2.87. The molecule has 0 aliphatic carbocycles. The van der Waals surface area contributed by atoms with Crippen molar-refractivity contribution < 1.29 is 22.7 Å². The van der Waals surface area contributed by atoms with E-state index in [1.807, 2.05) is 37.4 Å². The van der Waals surface area contributed by atoms with Gasteiger partial charge in [0.1, 0.15) is 0 Å². The molecule has 0 atom stereocenters. The summed E-state index contributed by atoms with van der Waals surface area (Å²) in [5.41, 5.74) is 1.03. The van der Waals surface area contributed by atoms with E-state index in [0.29, 0.717) is 6.54 Å². The lowest BCUT2D eigenvalue weighted by molar-refractivity contribution is -0.124. The Kier molecular flexibility index (Phi) is 8.21. The van der Waals surface area contributed by atoms with Crippen LogP contribution in [0.5, 0.6) is 0 Å². The van der Waals surface area contributed by atoms with Gasteiger partial charge in [-0.2, -0.15) is 0 Å². The van der Waals surface area contributed by atoms with Gasteiger partial charge in [-0.05, 0) is 30.7 Å². The normalized spacial score (nSPS) is 11.0. The summed E-state index contributed by atoms with van der Waals surface area (Å²) in [5, 5.41) is 2.69. The van der Waals surface area contributed by atoms with Crippen LogP contribution in [-0.4, -0.2) is 52.8 Å². The van der Waals surface area contributed by atoms with Crippen molar-refractivity contribution >= 4 is 27.4 Å². The fraction of sp³-hybridized carbons (Fsp3) is 0.333. The van der Waals surface area contributed by atoms with Crippen molar-refractivity contribution in [3.63, 3.8) is 0 Å². The minimum Gasteiger partial charge on any atom is -0.452 e. The molecule has 8 heteroatoms. The number of ether oxygens (including phenoxy) is 1. The fourth-order valence-corrected chi connectivity index (χ4v) is 3.76. The second-order valence-corrected chi connectivity index (χ2v) is 8.68. The van der Waals surface area contributed by atoms with Gasteiger partial charge in [-0.25, -0.2) is 13.2 Å². The van der Waals surface area contributed by atoms with Crippen molar-refractivity contribution in [1.29, 1.82) is 0 Å². The summed E-state index contributed by atoms with van der Waals surface area (Å²) in [6.45, 7) is 2.23. The molecule has 7 nitrogen and oxygen atoms in total. The summed E-state index contributed by atoms with van der Waals surface area (Å²) in [5.74, 6) is -1.40. The Bertz CT molecular complexity index is 929. The first kappa shape index (κ1) is 22.4. The van der Waals surface area contributed by atoms with Crippen LogP contribution >= 0.6 is 0 Å². The molecular formula is C21H26N2O5S. The van der Waals surface area contributed by atoms with Crippen LogP contribution in [0.15, 0.2) is 59.5 Å². The fourth-order valence-electron chi connectivity index (χ4n) is 2.68. The Morgan fingerprint density at radius 3 is 2.38 bits per heavy atom. The number of hydrogen-bond donors (Lipinski definition) is 1. The van der Waals surface area contributed by atoms with Gasteiger partial charge < -0.3 is 15.0 Å². The third-order valence-electron chi connectivity index (χ3n) is 4.35. The van der Waals surface area contributed by atoms with E-state index in [2.05, 4.69) is 10.2 Å². The highest BCUT2D eigenvalue weighted by atomic mass is 32.2. The molecule has 0 bridgehead atoms. The molecule has 0 aliphatic heterocycles. The summed E-state index contributed by atoms with van der Waals surface area (Å²) in [4.78, 5) is 26.1. The molecule has 0 unspecified atom stereocenters. The summed E-state index contributed by atoms with van der Waals surface area (Å²) in [6.07, 6.45) is 0.725. The molecule has 0 radical (unpaired) electrons. The maximum Gasteiger partial charge on any atom is 0.339 e. The van der Waals surface area contributed by atoms with E-state index in [-0.39, 0.29) is 16.2 Å². The third kappa shape index (κ3) is 6.60. The van der Waals surface area contributed by atoms with Crippen LogP contribution in [0.3, 0.4) is 0 Å². The molecule has 1 amide bonds. The molecule has 1 N–H and O–H groups in total. The Balaban J connectivity index is 1.78. The third-order valence-corrected chi connectivity index (χ3v) is 6.13. The van der Waals surface area contributed by atoms with Crippen molar-refractivity contribution in [2.24, 2.45) is 0 Å². The lowest BCUT2D eigenvalue weighted by Gasteiger charge is -2.19. The smallest absolute Gasteiger partial charge is 0.339 e. The highest BCUT2D eigenvalue weighted by molar-refractivity contribution is 7.91. The SMILES string of the molecule is CCS(=O)(=O)c1ccccc1C(=O)OCC(=O)NCCCN(C)c1ccccc1. The van der Waals surface area contributed by atoms with Crippen LogP contribution in [0.4, 0.5) is 5.69 Å². The van der Waals surface area contributed by atoms with Crippen LogP contribution in [0, 0.1) is 0 Å². The molecule has 29 heavy (non-hydrogen) atoms. The summed E-state index contributed by atoms with van der Waals surface area (Å²) >= 11 is 0. The number of amides is 1. The number of nitrogens with one attached hydrogen (secondary N) is 1. The standard InChI is InChI=1S/C21H26N2O5S/c1-3-29(26,27)19-13-8-7-12-18(19)21(25)28-16-20(24)22-14-9-15-23(2)17-10-5-4-6-11-17/h4-8,10-13H,3,9,14-16H2,1-2H3,(H,22,24). The Morgan fingerprint density at radius 1 is 1.03 bits per heavy atom. The number of anilines is 1. The van der Waals surface area contributed by atoms with Crippen molar-refractivity contribution in [3.8, 4) is 0 Å². The van der Waals surface area contributed by atoms with Gasteiger partial charge in [-0.1, -0.05) is 37.3 Å². The van der Waals surface area contributed by atoms with Crippen LogP contribution in [0.25, 0.3) is 0 Å². The zero-order chi connectivity index (χ0) is 21.3. The average molecular weight is 419 g/mol. The highest BCUT2D eigenvalue weighted by Gasteiger charge is 2.22. The average Bonchev–Trinajstić information content (AvgIpc) is 2.75. The van der Waals surface area contributed by atoms with Crippen molar-refractivity contribution in [3.05, 3.63) is 60.2 Å². The van der Waals surface area contributed by atoms with Gasteiger partial charge in [0.25, 0.3) is 5.91 Å². The predicted octanol–water partition coefficient (Wildman–Crippen LogP) is 2.28. The quantitative estimate of drug-likeness (QED) is 0.470. The molecule has 2 aromatic carbocycles. The first-order chi connectivity index (χ1) is 13.8. The molecule has 0 heterocycles. The van der Waals surface area contributed by atoms with E-state index in [9.17, 15) is 18.0 Å². The number of nitrogens with zero attached hydrogens (tertiary/aromatic N) is 1. The molecule has 0 saturated carbocycles. The largest absolute Gasteiger partial charge is 0.452 e. The number of rotatable bonds is 10. The van der Waals surface area contributed by atoms with Gasteiger partial charge in [0.2, 0.25) is 0 Å². The zero-order valence-corrected chi connectivity index (χ0v) is 17.4. The molecule has 156 valence electrons. The summed E-state index contributed by atoms with van der Waals surface area (Å²) in [7, 11) is -1.59. The Morgan fingerprint density at radius 2 is 1.69 bits per heavy atom. The van der Waals surface area contributed by atoms with E-state index < -0.39 is 28.3 Å². The van der Waals surface area contributed by atoms with Gasteiger partial charge >= 0.3 is 5.97 Å². The van der Waals surface area contributed by atoms with Gasteiger partial charge in [0, 0.05) is 25.8 Å². The first-order valence-electron chi connectivity index (χ1n) is 9.37. The number of sulfone groups is 1. The molecule has 0 fully saturated rings. The topological polar surface area (TPSA) is 92.8 Å². The van der Waals surface area contributed by atoms with E-state index in [1.165, 1.54) is 19.1 Å². The molecule has 0 aromatic heterocycles. The predicted molar refractivity (Wildman–Crippen MR) is 112 cm³/mol. The van der Waals surface area contributed by atoms with Gasteiger partial charge in [0.05, 0.1) is 16.2 Å². The van der Waals surface area contributed by atoms with E-state index in [4.69, 9.17) is 4.74 Å². The number of para-hydroxylation sites is 1. The number of hydrogen-bond acceptors (Lipinski definition) is 6. The lowest BCUT2D eigenvalue weighted by atomic mass is 10.2. The molecule has 2 aromatic rings. The summed E-state index contributed by atoms with van der Waals surface area (Å²) < 4.78 is 29.2. The number of benzene rings is 2. The number of carbonyl (C=O) groups is 2. The molecule has 0 saturated heterocycles.